The fourth-order valence-electron chi connectivity index (χ4n) is 14.5. The number of aryl methyl sites for hydroxylation is 2. The smallest absolute Gasteiger partial charge is 0.386 e. The molecule has 0 aliphatic carbocycles. The van der Waals surface area contributed by atoms with Crippen LogP contribution in [0, 0.1) is 46.3 Å². The van der Waals surface area contributed by atoms with Gasteiger partial charge in [-0.2, -0.15) is 12.9 Å². The van der Waals surface area contributed by atoms with Crippen LogP contribution in [0.15, 0.2) is 38.0 Å². The highest BCUT2D eigenvalue weighted by molar-refractivity contribution is 7.62. The SMILES string of the molecule is CC(C)(C)CCCC(=O)CCCC(=O)C(O)C(C)(C)COP(=O)(O)OP(=O)(O)OCC1OC(n2cnc3c(N)ncnc32)C(O)C1OP(=O)(O)O.Cc1ncnc2c1ncn2C1OC(COP(=O)(O)OP(=O)(O)OCC(C)(C)C(O)C(=O)CCCC(=O)CCC(C)(C)C)C(OP(=O)(O)O)C1O.Cc1ncnc2c1ncn2C1OC(COP(=O)(O)OP(=O)(O)OCC(C)(C)C(O)C(=O)CCCC(C)(C)C)C(OP(=O)(O)O)C1O. The molecule has 0 aromatic carbocycles. The number of phosphoric acid groups is 9. The Kier molecular flexibility index (Phi) is 45.0. The summed E-state index contributed by atoms with van der Waals surface area (Å²) in [5, 5.41) is 64.3. The molecule has 21 atom stereocenters. The largest absolute Gasteiger partial charge is 0.481 e. The number of anilines is 1. The summed E-state index contributed by atoms with van der Waals surface area (Å²) in [7, 11) is -48.5. The van der Waals surface area contributed by atoms with Gasteiger partial charge in [-0.15, -0.1) is 0 Å². The molecule has 69 heteroatoms. The Bertz CT molecular complexity index is 5980. The van der Waals surface area contributed by atoms with Crippen LogP contribution in [0.4, 0.5) is 5.82 Å². The summed E-state index contributed by atoms with van der Waals surface area (Å²) in [5.41, 5.74) is 3.52. The summed E-state index contributed by atoms with van der Waals surface area (Å²) in [6.45, 7) is 24.0. The zero-order valence-electron chi connectivity index (χ0n) is 83.1. The number of nitrogens with zero attached hydrogens (tertiary/aromatic N) is 12. The van der Waals surface area contributed by atoms with Gasteiger partial charge < -0.3 is 109 Å². The molecule has 6 aromatic heterocycles. The lowest BCUT2D eigenvalue weighted by Gasteiger charge is -2.30. The number of hydrogen-bond donors (Lipinski definition) is 19. The van der Waals surface area contributed by atoms with Crippen LogP contribution in [0.5, 0.6) is 0 Å². The van der Waals surface area contributed by atoms with E-state index in [-0.39, 0.29) is 101 Å². The number of aromatic nitrogens is 12. The molecule has 3 aliphatic heterocycles. The number of nitrogen functional groups attached to an aromatic ring is 1. The third kappa shape index (κ3) is 40.7. The Hall–Kier alpha value is -5.45. The van der Waals surface area contributed by atoms with Crippen molar-refractivity contribution in [3.05, 3.63) is 49.4 Å². The van der Waals surface area contributed by atoms with Crippen molar-refractivity contribution in [1.29, 1.82) is 0 Å². The number of hydrogen-bond acceptors (Lipinski definition) is 45. The van der Waals surface area contributed by atoms with Crippen molar-refractivity contribution in [1.82, 2.24) is 58.6 Å². The van der Waals surface area contributed by atoms with E-state index in [1.165, 1.54) is 76.0 Å². The molecule has 0 bridgehead atoms. The van der Waals surface area contributed by atoms with Gasteiger partial charge in [0.05, 0.1) is 70.0 Å². The molecule has 836 valence electrons. The monoisotopic (exact) mass is 2280 g/mol. The summed E-state index contributed by atoms with van der Waals surface area (Å²) in [6.07, 6.45) is -13.7. The van der Waals surface area contributed by atoms with Crippen LogP contribution >= 0.6 is 70.4 Å². The first kappa shape index (κ1) is 128. The minimum atomic E-state index is -5.52. The number of nitrogens with two attached hydrogens (primary N) is 1. The molecular formula is C78H132N13O47P9. The van der Waals surface area contributed by atoms with Crippen molar-refractivity contribution in [3.63, 3.8) is 0 Å². The van der Waals surface area contributed by atoms with Gasteiger partial charge >= 0.3 is 70.4 Å². The van der Waals surface area contributed by atoms with Crippen LogP contribution in [0.3, 0.4) is 0 Å². The lowest BCUT2D eigenvalue weighted by Crippen LogP contribution is -2.39. The average molecular weight is 2280 g/mol. The number of carbonyl (C=O) groups is 5. The number of ether oxygens (including phenoxy) is 3. The van der Waals surface area contributed by atoms with Gasteiger partial charge in [0.1, 0.15) is 120 Å². The molecule has 3 aliphatic rings. The van der Waals surface area contributed by atoms with E-state index >= 15 is 0 Å². The van der Waals surface area contributed by atoms with Crippen molar-refractivity contribution >= 4 is 139 Å². The second kappa shape index (κ2) is 51.5. The number of ketones is 5. The topological polar surface area (TPSA) is 898 Å². The maximum atomic E-state index is 12.6. The highest BCUT2D eigenvalue weighted by atomic mass is 31.3. The van der Waals surface area contributed by atoms with Gasteiger partial charge in [0.2, 0.25) is 0 Å². The number of phosphoric ester groups is 9. The molecule has 0 amide bonds. The summed E-state index contributed by atoms with van der Waals surface area (Å²) >= 11 is 0. The average Bonchev–Trinajstić information content (AvgIpc) is 1.62. The molecule has 9 heterocycles. The van der Waals surface area contributed by atoms with Gasteiger partial charge in [-0.3, -0.25) is 78.4 Å². The zero-order chi connectivity index (χ0) is 111. The van der Waals surface area contributed by atoms with E-state index in [9.17, 15) is 154 Å². The molecule has 147 heavy (non-hydrogen) atoms. The van der Waals surface area contributed by atoms with E-state index in [2.05, 4.69) is 92.1 Å². The lowest BCUT2D eigenvalue weighted by molar-refractivity contribution is -0.135. The van der Waals surface area contributed by atoms with Crippen LogP contribution in [0.2, 0.25) is 0 Å². The lowest BCUT2D eigenvalue weighted by atomic mass is 9.83. The first-order valence-electron chi connectivity index (χ1n) is 45.1. The highest BCUT2D eigenvalue weighted by Crippen LogP contribution is 2.65. The second-order valence-corrected chi connectivity index (χ2v) is 53.2. The Morgan fingerprint density at radius 2 is 0.605 bits per heavy atom. The quantitative estimate of drug-likeness (QED) is 0.0167. The van der Waals surface area contributed by atoms with Crippen LogP contribution in [-0.2, 0) is 133 Å². The number of carbonyl (C=O) groups excluding carboxylic acids is 5. The summed E-state index contributed by atoms with van der Waals surface area (Å²) in [6, 6.07) is 0. The molecule has 0 saturated carbocycles. The number of Topliss-reactive ketones (excluding diaryl/α,β-unsaturated/α-hetero) is 5. The van der Waals surface area contributed by atoms with Gasteiger partial charge in [-0.1, -0.05) is 104 Å². The van der Waals surface area contributed by atoms with Gasteiger partial charge in [-0.05, 0) is 75.0 Å². The Morgan fingerprint density at radius 3 is 0.898 bits per heavy atom. The van der Waals surface area contributed by atoms with Gasteiger partial charge in [0, 0.05) is 61.2 Å². The highest BCUT2D eigenvalue weighted by Gasteiger charge is 2.55. The molecule has 3 saturated heterocycles. The standard InChI is InChI=1S/C27H46N5O16P3.C27H45N4O16P3.C24H41N4O15P3/c1-26(2,3)11-7-9-16(33)8-6-10-17(34)22(36)27(4,5)13-45-51(42,43)48-50(40,41)44-12-18-21(47-49(37,38)39)20(35)25(46-18)32-15-31-19-23(28)29-14-30-24(19)32;1-16-20-24(29-14-28-16)31(15-30-20)25-21(34)22(46-48(36,37)38)19(45-25)12-43-49(39,40)47-50(41,42)44-13-27(5,6)23(35)18(33)9-7-8-17(32)10-11-26(2,3)4;1-14-17-21(26-12-25-14)28(13-27-17)22-18(30)19(42-44(32,33)34)16(41-22)10-39-45(35,36)43-46(37,38)40-11-24(5,6)20(31)15(29)8-7-9-23(2,3)4/h14-15,18,20-22,25,35-36H,6-13H2,1-5H3,(H,40,41)(H,42,43)(H2,28,29,30)(H2,37,38,39);14-15,19,21-23,25,34-35H,7-13H2,1-6H3,(H,39,40)(H,41,42)(H2,36,37,38);12-13,16,18-20,22,30-31H,7-11H2,1-6H3,(H,35,36)(H,37,38)(H2,32,33,34). The van der Waals surface area contributed by atoms with Crippen LogP contribution < -0.4 is 5.73 Å². The molecule has 21 unspecified atom stereocenters. The Labute approximate surface area is 842 Å². The molecule has 60 nitrogen and oxygen atoms in total. The zero-order valence-corrected chi connectivity index (χ0v) is 91.2. The van der Waals surface area contributed by atoms with E-state index in [0.717, 1.165) is 36.5 Å². The van der Waals surface area contributed by atoms with Crippen molar-refractivity contribution in [2.45, 2.75) is 300 Å². The molecule has 0 radical (unpaired) electrons. The van der Waals surface area contributed by atoms with Gasteiger partial charge in [0.25, 0.3) is 0 Å². The van der Waals surface area contributed by atoms with Crippen molar-refractivity contribution in [3.8, 4) is 0 Å². The molecule has 3 fully saturated rings. The van der Waals surface area contributed by atoms with Gasteiger partial charge in [-0.25, -0.2) is 85.9 Å². The minimum absolute atomic E-state index is 0.00835. The summed E-state index contributed by atoms with van der Waals surface area (Å²) in [4.78, 5) is 215. The normalized spacial score (nSPS) is 23.7. The first-order valence-corrected chi connectivity index (χ1v) is 58.7. The number of fused-ring (bicyclic) bond motifs is 3. The van der Waals surface area contributed by atoms with Crippen LogP contribution in [-0.4, -0.2) is 290 Å². The van der Waals surface area contributed by atoms with Crippen molar-refractivity contribution in [2.24, 2.45) is 32.5 Å². The number of rotatable bonds is 55. The number of imidazole rings is 3. The summed E-state index contributed by atoms with van der Waals surface area (Å²) < 4.78 is 187. The molecule has 0 spiro atoms. The van der Waals surface area contributed by atoms with Crippen LogP contribution in [0.25, 0.3) is 33.5 Å². The van der Waals surface area contributed by atoms with E-state index in [1.807, 2.05) is 41.5 Å². The fourth-order valence-corrected chi connectivity index (χ4v) is 23.0. The maximum Gasteiger partial charge on any atom is 0.481 e. The van der Waals surface area contributed by atoms with E-state index in [4.69, 9.17) is 47.1 Å². The number of aliphatic hydroxyl groups is 6. The van der Waals surface area contributed by atoms with E-state index in [1.54, 1.807) is 13.8 Å². The molecular weight excluding hydrogens is 2150 g/mol. The number of aliphatic hydroxyl groups excluding tert-OH is 6. The van der Waals surface area contributed by atoms with E-state index in [0.29, 0.717) is 48.1 Å². The predicted molar refractivity (Wildman–Crippen MR) is 506 cm³/mol. The predicted octanol–water partition coefficient (Wildman–Crippen LogP) is 7.24. The Balaban J connectivity index is 0.000000299. The Morgan fingerprint density at radius 1 is 0.354 bits per heavy atom. The first-order chi connectivity index (χ1) is 67.0. The maximum absolute atomic E-state index is 12.6. The second-order valence-electron chi connectivity index (χ2n) is 40.5. The molecule has 6 aromatic rings. The van der Waals surface area contributed by atoms with E-state index < -0.39 is 236 Å². The van der Waals surface area contributed by atoms with Crippen LogP contribution in [0.1, 0.15) is 224 Å². The minimum Gasteiger partial charge on any atom is -0.386 e. The summed E-state index contributed by atoms with van der Waals surface area (Å²) in [5.74, 6) is -1.87. The fraction of sp³-hybridized carbons (Fsp3) is 0.744. The van der Waals surface area contributed by atoms with Crippen molar-refractivity contribution in [2.75, 3.05) is 45.4 Å². The van der Waals surface area contributed by atoms with Gasteiger partial charge in [0.15, 0.2) is 58.8 Å². The van der Waals surface area contributed by atoms with Crippen molar-refractivity contribution < 1.29 is 222 Å². The molecule has 20 N–H and O–H groups in total. The molecule has 9 rings (SSSR count). The third-order valence-corrected chi connectivity index (χ3v) is 31.7. The third-order valence-electron chi connectivity index (χ3n) is 22.4.